The van der Waals surface area contributed by atoms with Crippen molar-refractivity contribution in [1.29, 1.82) is 0 Å². The number of aromatic nitrogens is 3. The monoisotopic (exact) mass is 368 g/mol. The van der Waals surface area contributed by atoms with E-state index in [9.17, 15) is 9.18 Å². The summed E-state index contributed by atoms with van der Waals surface area (Å²) in [6, 6.07) is 8.06. The molecule has 1 aromatic carbocycles. The van der Waals surface area contributed by atoms with Crippen LogP contribution in [0.1, 0.15) is 20.2 Å². The molecule has 1 N–H and O–H groups in total. The van der Waals surface area contributed by atoms with Crippen LogP contribution in [-0.4, -0.2) is 26.7 Å². The molecule has 0 spiro atoms. The molecule has 0 saturated carbocycles. The Balaban J connectivity index is 1.72. The zero-order chi connectivity index (χ0) is 19.1. The molecular formula is C19H17FN4O3. The SMILES string of the molecule is C=C(C)C(=O)OC(C)NC1Oc2cccc3nc(-c4cc(F)ccn4)n1c23. The first-order valence-electron chi connectivity index (χ1n) is 8.36. The third-order valence-corrected chi connectivity index (χ3v) is 4.11. The van der Waals surface area contributed by atoms with E-state index in [-0.39, 0.29) is 0 Å². The van der Waals surface area contributed by atoms with Gasteiger partial charge in [0.25, 0.3) is 0 Å². The Morgan fingerprint density at radius 1 is 1.44 bits per heavy atom. The van der Waals surface area contributed by atoms with Crippen molar-refractivity contribution in [2.75, 3.05) is 0 Å². The second-order valence-electron chi connectivity index (χ2n) is 6.25. The Morgan fingerprint density at radius 2 is 2.26 bits per heavy atom. The Kier molecular flexibility index (Phi) is 4.12. The maximum Gasteiger partial charge on any atom is 0.334 e. The number of benzene rings is 1. The first-order chi connectivity index (χ1) is 12.9. The molecule has 2 unspecified atom stereocenters. The molecule has 0 saturated heterocycles. The third kappa shape index (κ3) is 3.04. The van der Waals surface area contributed by atoms with Crippen molar-refractivity contribution in [3.63, 3.8) is 0 Å². The average molecular weight is 368 g/mol. The van der Waals surface area contributed by atoms with Gasteiger partial charge >= 0.3 is 5.97 Å². The molecule has 3 aromatic rings. The van der Waals surface area contributed by atoms with E-state index in [1.807, 2.05) is 18.2 Å². The summed E-state index contributed by atoms with van der Waals surface area (Å²) in [5.41, 5.74) is 2.13. The van der Waals surface area contributed by atoms with E-state index in [0.29, 0.717) is 28.4 Å². The van der Waals surface area contributed by atoms with E-state index in [0.717, 1.165) is 5.52 Å². The molecule has 8 heteroatoms. The predicted molar refractivity (Wildman–Crippen MR) is 96.1 cm³/mol. The summed E-state index contributed by atoms with van der Waals surface area (Å²) in [5, 5.41) is 3.08. The highest BCUT2D eigenvalue weighted by Crippen LogP contribution is 2.39. The number of carbonyl (C=O) groups is 1. The van der Waals surface area contributed by atoms with Crippen LogP contribution in [0, 0.1) is 5.82 Å². The Labute approximate surface area is 154 Å². The maximum absolute atomic E-state index is 13.7. The Bertz CT molecular complexity index is 1060. The maximum atomic E-state index is 13.7. The van der Waals surface area contributed by atoms with Crippen LogP contribution in [0.2, 0.25) is 0 Å². The van der Waals surface area contributed by atoms with Crippen molar-refractivity contribution in [2.24, 2.45) is 0 Å². The fourth-order valence-corrected chi connectivity index (χ4v) is 2.93. The molecule has 0 radical (unpaired) electrons. The Morgan fingerprint density at radius 3 is 3.00 bits per heavy atom. The van der Waals surface area contributed by atoms with Crippen LogP contribution in [0.4, 0.5) is 4.39 Å². The van der Waals surface area contributed by atoms with Gasteiger partial charge in [-0.15, -0.1) is 0 Å². The van der Waals surface area contributed by atoms with Gasteiger partial charge in [0.1, 0.15) is 22.8 Å². The van der Waals surface area contributed by atoms with E-state index in [4.69, 9.17) is 9.47 Å². The van der Waals surface area contributed by atoms with Crippen LogP contribution in [0.25, 0.3) is 22.6 Å². The van der Waals surface area contributed by atoms with Crippen molar-refractivity contribution in [3.05, 3.63) is 54.5 Å². The lowest BCUT2D eigenvalue weighted by Crippen LogP contribution is -2.38. The number of nitrogens with one attached hydrogen (secondary N) is 1. The Hall–Kier alpha value is -3.26. The smallest absolute Gasteiger partial charge is 0.334 e. The number of ether oxygens (including phenoxy) is 2. The number of para-hydroxylation sites is 1. The van der Waals surface area contributed by atoms with Gasteiger partial charge in [0.2, 0.25) is 6.35 Å². The van der Waals surface area contributed by atoms with Gasteiger partial charge in [-0.1, -0.05) is 12.6 Å². The molecule has 0 aliphatic carbocycles. The number of rotatable bonds is 5. The highest BCUT2D eigenvalue weighted by atomic mass is 19.1. The largest absolute Gasteiger partial charge is 0.454 e. The number of carbonyl (C=O) groups excluding carboxylic acids is 1. The average Bonchev–Trinajstić information content (AvgIpc) is 3.18. The van der Waals surface area contributed by atoms with Crippen molar-refractivity contribution < 1.29 is 18.7 Å². The fraction of sp³-hybridized carbons (Fsp3) is 0.211. The van der Waals surface area contributed by atoms with Gasteiger partial charge < -0.3 is 9.47 Å². The van der Waals surface area contributed by atoms with Crippen LogP contribution in [0.15, 0.2) is 48.7 Å². The minimum Gasteiger partial charge on any atom is -0.454 e. The molecular weight excluding hydrogens is 351 g/mol. The lowest BCUT2D eigenvalue weighted by atomic mass is 10.3. The highest BCUT2D eigenvalue weighted by molar-refractivity contribution is 5.87. The van der Waals surface area contributed by atoms with Crippen molar-refractivity contribution in [3.8, 4) is 17.3 Å². The lowest BCUT2D eigenvalue weighted by molar-refractivity contribution is -0.146. The topological polar surface area (TPSA) is 78.3 Å². The van der Waals surface area contributed by atoms with Gasteiger partial charge in [-0.3, -0.25) is 9.55 Å². The second-order valence-corrected chi connectivity index (χ2v) is 6.25. The highest BCUT2D eigenvalue weighted by Gasteiger charge is 2.32. The molecule has 2 atom stereocenters. The zero-order valence-electron chi connectivity index (χ0n) is 14.8. The van der Waals surface area contributed by atoms with E-state index in [1.54, 1.807) is 18.4 Å². The summed E-state index contributed by atoms with van der Waals surface area (Å²) in [5.74, 6) is 0.157. The van der Waals surface area contributed by atoms with Gasteiger partial charge in [-0.2, -0.15) is 0 Å². The van der Waals surface area contributed by atoms with E-state index in [2.05, 4.69) is 21.9 Å². The van der Waals surface area contributed by atoms with E-state index in [1.165, 1.54) is 18.3 Å². The third-order valence-electron chi connectivity index (χ3n) is 4.11. The molecule has 3 heterocycles. The van der Waals surface area contributed by atoms with Crippen LogP contribution in [0.3, 0.4) is 0 Å². The number of esters is 1. The second kappa shape index (κ2) is 6.48. The van der Waals surface area contributed by atoms with Crippen molar-refractivity contribution in [1.82, 2.24) is 19.9 Å². The number of nitrogens with zero attached hydrogens (tertiary/aromatic N) is 3. The molecule has 0 amide bonds. The summed E-state index contributed by atoms with van der Waals surface area (Å²) in [4.78, 5) is 20.5. The van der Waals surface area contributed by atoms with E-state index < -0.39 is 24.4 Å². The summed E-state index contributed by atoms with van der Waals surface area (Å²) in [6.07, 6.45) is 0.0351. The normalized spacial score (nSPS) is 16.2. The van der Waals surface area contributed by atoms with Crippen LogP contribution < -0.4 is 10.1 Å². The predicted octanol–water partition coefficient (Wildman–Crippen LogP) is 3.14. The number of halogens is 1. The molecule has 7 nitrogen and oxygen atoms in total. The van der Waals surface area contributed by atoms with Crippen LogP contribution in [-0.2, 0) is 9.53 Å². The van der Waals surface area contributed by atoms with Gasteiger partial charge in [-0.25, -0.2) is 19.5 Å². The molecule has 138 valence electrons. The number of hydrogen-bond donors (Lipinski definition) is 1. The molecule has 2 aromatic heterocycles. The van der Waals surface area contributed by atoms with Gasteiger partial charge in [0.15, 0.2) is 12.1 Å². The number of imidazole rings is 1. The molecule has 1 aliphatic rings. The quantitative estimate of drug-likeness (QED) is 0.423. The van der Waals surface area contributed by atoms with Gasteiger partial charge in [0, 0.05) is 17.8 Å². The minimum atomic E-state index is -0.694. The lowest BCUT2D eigenvalue weighted by Gasteiger charge is -2.22. The fourth-order valence-electron chi connectivity index (χ4n) is 2.93. The summed E-state index contributed by atoms with van der Waals surface area (Å²) >= 11 is 0. The summed E-state index contributed by atoms with van der Waals surface area (Å²) in [7, 11) is 0. The van der Waals surface area contributed by atoms with Crippen LogP contribution >= 0.6 is 0 Å². The summed E-state index contributed by atoms with van der Waals surface area (Å²) < 4.78 is 26.7. The van der Waals surface area contributed by atoms with Crippen LogP contribution in [0.5, 0.6) is 5.75 Å². The van der Waals surface area contributed by atoms with E-state index >= 15 is 0 Å². The molecule has 1 aliphatic heterocycles. The standard InChI is InChI=1S/C19H17FN4O3/c1-10(2)18(25)26-11(3)22-19-24-16-13(5-4-6-15(16)27-19)23-17(24)14-9-12(20)7-8-21-14/h4-9,11,19,22H,1H2,2-3H3. The van der Waals surface area contributed by atoms with Crippen molar-refractivity contribution in [2.45, 2.75) is 26.4 Å². The molecule has 0 bridgehead atoms. The molecule has 4 rings (SSSR count). The van der Waals surface area contributed by atoms with Gasteiger partial charge in [0.05, 0.1) is 5.52 Å². The first-order valence-corrected chi connectivity index (χ1v) is 8.36. The number of pyridine rings is 1. The molecule has 0 fully saturated rings. The number of hydrogen-bond acceptors (Lipinski definition) is 6. The van der Waals surface area contributed by atoms with Crippen molar-refractivity contribution >= 4 is 17.0 Å². The summed E-state index contributed by atoms with van der Waals surface area (Å²) in [6.45, 7) is 6.82. The zero-order valence-corrected chi connectivity index (χ0v) is 14.8. The van der Waals surface area contributed by atoms with Gasteiger partial charge in [-0.05, 0) is 32.0 Å². The minimum absolute atomic E-state index is 0.300. The molecule has 27 heavy (non-hydrogen) atoms. The first kappa shape index (κ1) is 17.2.